The maximum atomic E-state index is 14.2. The third-order valence-corrected chi connectivity index (χ3v) is 4.35. The van der Waals surface area contributed by atoms with Crippen LogP contribution in [-0.4, -0.2) is 22.6 Å². The summed E-state index contributed by atoms with van der Waals surface area (Å²) in [6.07, 6.45) is -4.86. The largest absolute Gasteiger partial charge is 0.410 e. The topological polar surface area (TPSA) is 58.9 Å². The first kappa shape index (κ1) is 17.7. The van der Waals surface area contributed by atoms with Gasteiger partial charge in [-0.2, -0.15) is 13.2 Å². The van der Waals surface area contributed by atoms with Crippen LogP contribution in [-0.2, 0) is 5.41 Å². The first-order valence-corrected chi connectivity index (χ1v) is 7.83. The lowest BCUT2D eigenvalue weighted by molar-refractivity contribution is -0.498. The predicted molar refractivity (Wildman–Crippen MR) is 91.4 cm³/mol. The quantitative estimate of drug-likeness (QED) is 0.524. The Kier molecular flexibility index (Phi) is 4.54. The van der Waals surface area contributed by atoms with Gasteiger partial charge in [-0.25, -0.2) is 0 Å². The highest BCUT2D eigenvalue weighted by atomic mass is 19.4. The minimum Gasteiger partial charge on any atom is -0.357 e. The molecular formula is C19H15F3N2O2. The SMILES string of the molecule is O=[N+]([O-])CC(c1ccccc1)(c1ccc(-c2ccccc2)[nH]1)C(F)(F)F. The Labute approximate surface area is 147 Å². The number of H-pyrrole nitrogens is 1. The smallest absolute Gasteiger partial charge is 0.357 e. The van der Waals surface area contributed by atoms with Crippen molar-refractivity contribution in [3.8, 4) is 11.3 Å². The van der Waals surface area contributed by atoms with Crippen LogP contribution in [0.2, 0.25) is 0 Å². The van der Waals surface area contributed by atoms with Gasteiger partial charge in [0.15, 0.2) is 5.41 Å². The molecule has 0 aliphatic rings. The normalized spacial score (nSPS) is 14.0. The molecule has 1 atom stereocenters. The van der Waals surface area contributed by atoms with Crippen LogP contribution in [0.5, 0.6) is 0 Å². The van der Waals surface area contributed by atoms with E-state index in [1.165, 1.54) is 36.4 Å². The van der Waals surface area contributed by atoms with Crippen molar-refractivity contribution >= 4 is 0 Å². The van der Waals surface area contributed by atoms with Gasteiger partial charge in [0.2, 0.25) is 6.54 Å². The van der Waals surface area contributed by atoms with E-state index in [-0.39, 0.29) is 11.3 Å². The number of nitrogens with one attached hydrogen (secondary N) is 1. The van der Waals surface area contributed by atoms with Crippen LogP contribution >= 0.6 is 0 Å². The van der Waals surface area contributed by atoms with Gasteiger partial charge < -0.3 is 4.98 Å². The van der Waals surface area contributed by atoms with E-state index >= 15 is 0 Å². The number of aromatic nitrogens is 1. The number of benzene rings is 2. The Morgan fingerprint density at radius 2 is 1.46 bits per heavy atom. The summed E-state index contributed by atoms with van der Waals surface area (Å²) < 4.78 is 42.6. The van der Waals surface area contributed by atoms with Gasteiger partial charge in [0, 0.05) is 16.3 Å². The van der Waals surface area contributed by atoms with E-state index in [1.54, 1.807) is 36.4 Å². The molecule has 134 valence electrons. The number of nitrogens with zero attached hydrogens (tertiary/aromatic N) is 1. The van der Waals surface area contributed by atoms with Crippen LogP contribution in [0.25, 0.3) is 11.3 Å². The van der Waals surface area contributed by atoms with E-state index in [0.29, 0.717) is 11.3 Å². The van der Waals surface area contributed by atoms with Gasteiger partial charge in [0.05, 0.1) is 0 Å². The van der Waals surface area contributed by atoms with Crippen LogP contribution in [0, 0.1) is 10.1 Å². The van der Waals surface area contributed by atoms with Crippen molar-refractivity contribution in [1.29, 1.82) is 0 Å². The van der Waals surface area contributed by atoms with Gasteiger partial charge in [0.25, 0.3) is 0 Å². The highest BCUT2D eigenvalue weighted by Crippen LogP contribution is 2.46. The van der Waals surface area contributed by atoms with Gasteiger partial charge >= 0.3 is 6.18 Å². The number of alkyl halides is 3. The van der Waals surface area contributed by atoms with Crippen molar-refractivity contribution in [3.05, 3.63) is 94.2 Å². The second kappa shape index (κ2) is 6.67. The summed E-state index contributed by atoms with van der Waals surface area (Å²) in [6.45, 7) is -1.30. The standard InChI is InChI=1S/C19H15F3N2O2/c20-19(21,22)18(13-24(25)26,15-9-5-2-6-10-15)17-12-11-16(23-17)14-7-3-1-4-8-14/h1-12,23H,13H2. The lowest BCUT2D eigenvalue weighted by Gasteiger charge is -2.32. The summed E-state index contributed by atoms with van der Waals surface area (Å²) >= 11 is 0. The zero-order valence-electron chi connectivity index (χ0n) is 13.5. The fourth-order valence-corrected chi connectivity index (χ4v) is 3.08. The molecule has 0 aliphatic heterocycles. The van der Waals surface area contributed by atoms with Crippen LogP contribution in [0.1, 0.15) is 11.3 Å². The van der Waals surface area contributed by atoms with Crippen molar-refractivity contribution in [3.63, 3.8) is 0 Å². The lowest BCUT2D eigenvalue weighted by Crippen LogP contribution is -2.49. The zero-order chi connectivity index (χ0) is 18.8. The molecule has 0 saturated heterocycles. The van der Waals surface area contributed by atoms with Gasteiger partial charge in [-0.1, -0.05) is 60.7 Å². The molecule has 7 heteroatoms. The molecule has 1 N–H and O–H groups in total. The fourth-order valence-electron chi connectivity index (χ4n) is 3.08. The average Bonchev–Trinajstić information content (AvgIpc) is 3.10. The Hall–Kier alpha value is -3.09. The molecule has 1 heterocycles. The average molecular weight is 360 g/mol. The Morgan fingerprint density at radius 3 is 2.00 bits per heavy atom. The van der Waals surface area contributed by atoms with Crippen molar-refractivity contribution < 1.29 is 18.1 Å². The third-order valence-electron chi connectivity index (χ3n) is 4.35. The van der Waals surface area contributed by atoms with E-state index < -0.39 is 23.1 Å². The van der Waals surface area contributed by atoms with E-state index in [0.717, 1.165) is 0 Å². The molecule has 0 bridgehead atoms. The van der Waals surface area contributed by atoms with Gasteiger partial charge in [-0.15, -0.1) is 0 Å². The van der Waals surface area contributed by atoms with Crippen molar-refractivity contribution in [2.75, 3.05) is 6.54 Å². The van der Waals surface area contributed by atoms with E-state index in [1.807, 2.05) is 0 Å². The van der Waals surface area contributed by atoms with E-state index in [4.69, 9.17) is 0 Å². The monoisotopic (exact) mass is 360 g/mol. The second-order valence-corrected chi connectivity index (χ2v) is 5.91. The summed E-state index contributed by atoms with van der Waals surface area (Å²) in [5, 5.41) is 11.2. The molecule has 0 radical (unpaired) electrons. The molecule has 1 aromatic heterocycles. The Bertz CT molecular complexity index is 892. The number of halogens is 3. The molecule has 3 rings (SSSR count). The molecule has 0 aliphatic carbocycles. The summed E-state index contributed by atoms with van der Waals surface area (Å²) in [6, 6.07) is 18.6. The van der Waals surface area contributed by atoms with Gasteiger partial charge in [-0.3, -0.25) is 10.1 Å². The molecule has 2 aromatic carbocycles. The first-order valence-electron chi connectivity index (χ1n) is 7.83. The molecule has 3 aromatic rings. The van der Waals surface area contributed by atoms with E-state index in [9.17, 15) is 23.3 Å². The molecule has 0 spiro atoms. The van der Waals surface area contributed by atoms with Gasteiger partial charge in [0.1, 0.15) is 0 Å². The predicted octanol–water partition coefficient (Wildman–Crippen LogP) is 4.81. The summed E-state index contributed by atoms with van der Waals surface area (Å²) in [5.41, 5.74) is -2.03. The number of nitro groups is 1. The highest BCUT2D eigenvalue weighted by molar-refractivity contribution is 5.60. The zero-order valence-corrected chi connectivity index (χ0v) is 13.5. The second-order valence-electron chi connectivity index (χ2n) is 5.91. The van der Waals surface area contributed by atoms with E-state index in [2.05, 4.69) is 4.98 Å². The number of hydrogen-bond donors (Lipinski definition) is 1. The van der Waals surface area contributed by atoms with Crippen molar-refractivity contribution in [2.45, 2.75) is 11.6 Å². The summed E-state index contributed by atoms with van der Waals surface area (Å²) in [5.74, 6) is 0. The fraction of sp³-hybridized carbons (Fsp3) is 0.158. The molecule has 0 saturated carbocycles. The molecule has 26 heavy (non-hydrogen) atoms. The maximum absolute atomic E-state index is 14.2. The Balaban J connectivity index is 2.21. The van der Waals surface area contributed by atoms with Crippen LogP contribution in [0.15, 0.2) is 72.8 Å². The Morgan fingerprint density at radius 1 is 0.885 bits per heavy atom. The van der Waals surface area contributed by atoms with Crippen LogP contribution in [0.3, 0.4) is 0 Å². The summed E-state index contributed by atoms with van der Waals surface area (Å²) in [7, 11) is 0. The highest BCUT2D eigenvalue weighted by Gasteiger charge is 2.61. The molecule has 1 unspecified atom stereocenters. The van der Waals surface area contributed by atoms with Crippen molar-refractivity contribution in [2.24, 2.45) is 0 Å². The minimum absolute atomic E-state index is 0.175. The number of rotatable bonds is 5. The minimum atomic E-state index is -4.86. The molecule has 4 nitrogen and oxygen atoms in total. The van der Waals surface area contributed by atoms with Crippen LogP contribution < -0.4 is 0 Å². The maximum Gasteiger partial charge on any atom is 0.410 e. The van der Waals surface area contributed by atoms with Crippen LogP contribution in [0.4, 0.5) is 13.2 Å². The van der Waals surface area contributed by atoms with Gasteiger partial charge in [-0.05, 0) is 23.3 Å². The third kappa shape index (κ3) is 3.08. The summed E-state index contributed by atoms with van der Waals surface area (Å²) in [4.78, 5) is 13.0. The van der Waals surface area contributed by atoms with Crippen molar-refractivity contribution in [1.82, 2.24) is 4.98 Å². The number of hydrogen-bond acceptors (Lipinski definition) is 2. The molecule has 0 amide bonds. The first-order chi connectivity index (χ1) is 12.3. The molecular weight excluding hydrogens is 345 g/mol. The lowest BCUT2D eigenvalue weighted by atomic mass is 9.76. The number of aromatic amines is 1. The molecule has 0 fully saturated rings.